The number of nitrogens with zero attached hydrogens (tertiary/aromatic N) is 2. The number of halogens is 1. The lowest BCUT2D eigenvalue weighted by Crippen LogP contribution is -2.49. The van der Waals surface area contributed by atoms with E-state index in [4.69, 9.17) is 19.8 Å². The highest BCUT2D eigenvalue weighted by Gasteiger charge is 2.46. The van der Waals surface area contributed by atoms with Gasteiger partial charge in [0.25, 0.3) is 0 Å². The second kappa shape index (κ2) is 5.06. The predicted octanol–water partition coefficient (Wildman–Crippen LogP) is 3.29. The van der Waals surface area contributed by atoms with Gasteiger partial charge in [-0.05, 0) is 25.2 Å². The number of hydrogen-bond acceptors (Lipinski definition) is 3. The number of nitroso groups, excluding NO2 is 1. The number of hydrogen-bond donors (Lipinski definition) is 0. The molecule has 0 N–H and O–H groups in total. The van der Waals surface area contributed by atoms with Gasteiger partial charge in [-0.25, -0.2) is 5.01 Å². The van der Waals surface area contributed by atoms with E-state index in [-0.39, 0.29) is 10.6 Å². The van der Waals surface area contributed by atoms with Crippen molar-refractivity contribution in [2.24, 2.45) is 5.29 Å². The molecular weight excluding hydrogens is 252 g/mol. The lowest BCUT2D eigenvalue weighted by Gasteiger charge is -2.40. The molecule has 0 spiro atoms. The molecule has 96 valence electrons. The Kier molecular flexibility index (Phi) is 2.04. The Labute approximate surface area is 119 Å². The molecule has 1 unspecified atom stereocenters. The zero-order chi connectivity index (χ0) is 18.6. The molecule has 1 aliphatic rings. The van der Waals surface area contributed by atoms with Gasteiger partial charge >= 0.3 is 0 Å². The first kappa shape index (κ1) is 7.24. The Balaban J connectivity index is 2.92. The molecule has 0 aliphatic heterocycles. The summed E-state index contributed by atoms with van der Waals surface area (Å²) in [5.74, 6) is -1.01. The van der Waals surface area contributed by atoms with E-state index in [0.717, 1.165) is 7.05 Å². The molecule has 0 heterocycles. The highest BCUT2D eigenvalue weighted by atomic mass is 35.5. The van der Waals surface area contributed by atoms with Crippen molar-refractivity contribution < 1.29 is 13.0 Å². The highest BCUT2D eigenvalue weighted by Crippen LogP contribution is 2.42. The Hall–Kier alpha value is -1.42. The second-order valence-corrected chi connectivity index (χ2v) is 4.23. The molecular formula is C13H15ClN2O2. The Morgan fingerprint density at radius 3 is 2.83 bits per heavy atom. The summed E-state index contributed by atoms with van der Waals surface area (Å²) in [5.41, 5.74) is -2.62. The third kappa shape index (κ3) is 1.90. The zero-order valence-corrected chi connectivity index (χ0v) is 10.4. The van der Waals surface area contributed by atoms with Crippen molar-refractivity contribution in [3.05, 3.63) is 39.8 Å². The largest absolute Gasteiger partial charge is 0.297 e. The van der Waals surface area contributed by atoms with Crippen LogP contribution in [0.15, 0.2) is 29.6 Å². The molecule has 1 atom stereocenters. The Bertz CT molecular complexity index is 699. The predicted molar refractivity (Wildman–Crippen MR) is 70.2 cm³/mol. The van der Waals surface area contributed by atoms with E-state index in [2.05, 4.69) is 5.29 Å². The van der Waals surface area contributed by atoms with Crippen LogP contribution in [-0.2, 0) is 10.3 Å². The van der Waals surface area contributed by atoms with E-state index in [9.17, 15) is 9.70 Å². The molecule has 18 heavy (non-hydrogen) atoms. The van der Waals surface area contributed by atoms with Gasteiger partial charge in [0.15, 0.2) is 5.78 Å². The third-order valence-electron chi connectivity index (χ3n) is 2.86. The average Bonchev–Trinajstić information content (AvgIpc) is 2.47. The topological polar surface area (TPSA) is 49.7 Å². The summed E-state index contributed by atoms with van der Waals surface area (Å²) in [6.07, 6.45) is -9.91. The van der Waals surface area contributed by atoms with Crippen molar-refractivity contribution in [2.45, 2.75) is 31.1 Å². The van der Waals surface area contributed by atoms with Crippen LogP contribution >= 0.6 is 11.6 Å². The molecule has 2 rings (SSSR count). The van der Waals surface area contributed by atoms with E-state index >= 15 is 0 Å². The normalized spacial score (nSPS) is 37.1. The number of carbonyl (C=O) groups is 1. The molecule has 0 bridgehead atoms. The van der Waals surface area contributed by atoms with Crippen LogP contribution in [0.4, 0.5) is 0 Å². The SMILES string of the molecule is [2H]C1([2H])CC(=O)C(c2ccccc2Cl)(N(C)N=O)C([2H])([2H])C1([2H])[2H]. The molecule has 0 saturated heterocycles. The van der Waals surface area contributed by atoms with E-state index in [1.165, 1.54) is 24.3 Å². The number of carbonyl (C=O) groups excluding carboxylic acids is 1. The Morgan fingerprint density at radius 2 is 2.17 bits per heavy atom. The van der Waals surface area contributed by atoms with Gasteiger partial charge in [0.2, 0.25) is 0 Å². The highest BCUT2D eigenvalue weighted by molar-refractivity contribution is 6.31. The summed E-state index contributed by atoms with van der Waals surface area (Å²) in [5, 5.41) is 3.07. The third-order valence-corrected chi connectivity index (χ3v) is 3.19. The summed E-state index contributed by atoms with van der Waals surface area (Å²) in [7, 11) is 1.04. The van der Waals surface area contributed by atoms with E-state index < -0.39 is 36.9 Å². The lowest BCUT2D eigenvalue weighted by atomic mass is 9.75. The van der Waals surface area contributed by atoms with Crippen molar-refractivity contribution in [2.75, 3.05) is 7.05 Å². The van der Waals surface area contributed by atoms with Crippen LogP contribution in [0, 0.1) is 4.91 Å². The summed E-state index contributed by atoms with van der Waals surface area (Å²) < 4.78 is 48.2. The number of Topliss-reactive ketones (excluding diaryl/α,β-unsaturated/α-hetero) is 1. The van der Waals surface area contributed by atoms with Crippen LogP contribution in [0.2, 0.25) is 5.02 Å². The number of rotatable bonds is 3. The van der Waals surface area contributed by atoms with Crippen molar-refractivity contribution in [3.8, 4) is 0 Å². The molecule has 1 saturated carbocycles. The molecule has 0 radical (unpaired) electrons. The van der Waals surface area contributed by atoms with Crippen LogP contribution in [0.5, 0.6) is 0 Å². The van der Waals surface area contributed by atoms with Crippen LogP contribution in [0.1, 0.15) is 39.3 Å². The monoisotopic (exact) mass is 272 g/mol. The van der Waals surface area contributed by atoms with Crippen LogP contribution < -0.4 is 0 Å². The molecule has 5 heteroatoms. The van der Waals surface area contributed by atoms with Crippen LogP contribution in [0.25, 0.3) is 0 Å². The van der Waals surface area contributed by atoms with Gasteiger partial charge in [0, 0.05) is 32.3 Å². The fourth-order valence-corrected chi connectivity index (χ4v) is 2.20. The number of benzene rings is 1. The number of ketones is 1. The average molecular weight is 273 g/mol. The molecule has 1 aromatic carbocycles. The van der Waals surface area contributed by atoms with E-state index in [0.29, 0.717) is 5.01 Å². The van der Waals surface area contributed by atoms with Gasteiger partial charge in [0.1, 0.15) is 5.54 Å². The maximum Gasteiger partial charge on any atom is 0.164 e. The maximum atomic E-state index is 12.8. The van der Waals surface area contributed by atoms with Crippen molar-refractivity contribution in [1.82, 2.24) is 5.01 Å². The first-order valence-corrected chi connectivity index (χ1v) is 5.61. The van der Waals surface area contributed by atoms with Gasteiger partial charge < -0.3 is 0 Å². The molecule has 0 aromatic heterocycles. The smallest absolute Gasteiger partial charge is 0.164 e. The quantitative estimate of drug-likeness (QED) is 0.627. The minimum Gasteiger partial charge on any atom is -0.297 e. The zero-order valence-electron chi connectivity index (χ0n) is 15.6. The van der Waals surface area contributed by atoms with Gasteiger partial charge in [-0.15, -0.1) is 4.91 Å². The fraction of sp³-hybridized carbons (Fsp3) is 0.462. The molecule has 4 nitrogen and oxygen atoms in total. The van der Waals surface area contributed by atoms with Crippen molar-refractivity contribution in [3.63, 3.8) is 0 Å². The first-order valence-electron chi connectivity index (χ1n) is 8.23. The minimum absolute atomic E-state index is 0.0523. The van der Waals surface area contributed by atoms with Crippen LogP contribution in [-0.4, -0.2) is 17.8 Å². The van der Waals surface area contributed by atoms with Gasteiger partial charge in [-0.1, -0.05) is 29.8 Å². The van der Waals surface area contributed by atoms with Crippen molar-refractivity contribution >= 4 is 17.4 Å². The fourth-order valence-electron chi connectivity index (χ4n) is 1.93. The van der Waals surface area contributed by atoms with Crippen LogP contribution in [0.3, 0.4) is 0 Å². The Morgan fingerprint density at radius 1 is 1.44 bits per heavy atom. The standard InChI is InChI=1S/C13H15ClN2O2/c1-16(15-18)13(9-5-4-8-12(13)17)10-6-2-3-7-11(10)14/h2-3,6-7H,4-5,8-9H2,1H3/i4D2,5D2,9D2. The molecule has 1 aromatic rings. The van der Waals surface area contributed by atoms with E-state index in [1.807, 2.05) is 0 Å². The van der Waals surface area contributed by atoms with Crippen molar-refractivity contribution in [1.29, 1.82) is 0 Å². The van der Waals surface area contributed by atoms with Gasteiger partial charge in [-0.3, -0.25) is 4.79 Å². The second-order valence-electron chi connectivity index (χ2n) is 3.82. The summed E-state index contributed by atoms with van der Waals surface area (Å²) in [6.45, 7) is 0. The lowest BCUT2D eigenvalue weighted by molar-refractivity contribution is -0.134. The summed E-state index contributed by atoms with van der Waals surface area (Å²) >= 11 is 6.10. The van der Waals surface area contributed by atoms with Gasteiger partial charge in [-0.2, -0.15) is 0 Å². The first-order chi connectivity index (χ1) is 10.9. The summed E-state index contributed by atoms with van der Waals surface area (Å²) in [6, 6.07) is 5.67. The molecule has 0 amide bonds. The number of likely N-dealkylation sites (N-methyl/N-ethyl adjacent to an activating group) is 1. The molecule has 1 fully saturated rings. The summed E-state index contributed by atoms with van der Waals surface area (Å²) in [4.78, 5) is 24.0. The van der Waals surface area contributed by atoms with Gasteiger partial charge in [0.05, 0.1) is 5.29 Å². The maximum absolute atomic E-state index is 12.8. The van der Waals surface area contributed by atoms with E-state index in [1.54, 1.807) is 0 Å². The molecule has 1 aliphatic carbocycles. The minimum atomic E-state index is -3.13.